The van der Waals surface area contributed by atoms with Gasteiger partial charge in [-0.05, 0) is 59.9 Å². The predicted molar refractivity (Wildman–Crippen MR) is 213 cm³/mol. The van der Waals surface area contributed by atoms with E-state index in [1.807, 2.05) is 72.5 Å². The number of benzene rings is 5. The van der Waals surface area contributed by atoms with E-state index in [1.165, 1.54) is 30.3 Å². The first-order chi connectivity index (χ1) is 27.8. The normalized spacial score (nSPS) is 12.7. The van der Waals surface area contributed by atoms with Crippen LogP contribution in [-0.4, -0.2) is 54.5 Å². The quantitative estimate of drug-likeness (QED) is 0.0498. The molecule has 17 heteroatoms. The molecule has 0 aromatic heterocycles. The number of sulfone groups is 1. The number of hydrogen-bond donors (Lipinski definition) is 2. The second kappa shape index (κ2) is 19.5. The van der Waals surface area contributed by atoms with Crippen LogP contribution in [0.1, 0.15) is 52.6 Å². The Morgan fingerprint density at radius 1 is 0.881 bits per heavy atom. The maximum atomic E-state index is 15.6. The van der Waals surface area contributed by atoms with E-state index in [2.05, 4.69) is 4.52 Å². The lowest BCUT2D eigenvalue weighted by Crippen LogP contribution is -2.37. The molecule has 2 N–H and O–H groups in total. The molecule has 0 bridgehead atoms. The molecule has 0 aliphatic rings. The Balaban J connectivity index is 1.32. The number of esters is 1. The van der Waals surface area contributed by atoms with E-state index in [4.69, 9.17) is 30.9 Å². The van der Waals surface area contributed by atoms with Crippen molar-refractivity contribution in [2.24, 2.45) is 0 Å². The molecule has 0 radical (unpaired) electrons. The molecule has 0 aliphatic carbocycles. The lowest BCUT2D eigenvalue weighted by Gasteiger charge is -2.34. The highest BCUT2D eigenvalue weighted by Crippen LogP contribution is 2.39. The number of phosphoric ester groups is 1. The molecule has 0 spiro atoms. The van der Waals surface area contributed by atoms with Gasteiger partial charge in [-0.25, -0.2) is 17.4 Å². The van der Waals surface area contributed by atoms with E-state index in [0.29, 0.717) is 12.1 Å². The van der Waals surface area contributed by atoms with Crippen LogP contribution < -0.4 is 9.26 Å². The van der Waals surface area contributed by atoms with Gasteiger partial charge in [0.1, 0.15) is 23.9 Å². The number of phosphoric acid groups is 1. The fourth-order valence-electron chi connectivity index (χ4n) is 6.40. The van der Waals surface area contributed by atoms with Crippen molar-refractivity contribution in [3.05, 3.63) is 159 Å². The first kappa shape index (κ1) is 45.3. The highest BCUT2D eigenvalue weighted by atomic mass is 35.5. The Morgan fingerprint density at radius 2 is 1.49 bits per heavy atom. The Kier molecular flexibility index (Phi) is 15.0. The van der Waals surface area contributed by atoms with Gasteiger partial charge in [0.25, 0.3) is 0 Å². The Labute approximate surface area is 344 Å². The first-order valence-electron chi connectivity index (χ1n) is 18.1. The highest BCUT2D eigenvalue weighted by molar-refractivity contribution is 7.90. The molecule has 5 aromatic carbocycles. The monoisotopic (exact) mass is 877 g/mol. The zero-order chi connectivity index (χ0) is 43.0. The molecule has 0 saturated carbocycles. The van der Waals surface area contributed by atoms with Crippen LogP contribution in [0.15, 0.2) is 120 Å². The predicted octanol–water partition coefficient (Wildman–Crippen LogP) is 9.15. The third-order valence-electron chi connectivity index (χ3n) is 9.41. The smallest absolute Gasteiger partial charge is 0.493 e. The first-order valence-corrected chi connectivity index (χ1v) is 21.9. The average molecular weight is 878 g/mol. The largest absolute Gasteiger partial charge is 0.524 e. The maximum Gasteiger partial charge on any atom is 0.524 e. The van der Waals surface area contributed by atoms with E-state index in [-0.39, 0.29) is 55.0 Å². The molecule has 0 saturated heterocycles. The highest BCUT2D eigenvalue weighted by Gasteiger charge is 2.34. The number of hydrogen-bond acceptors (Lipinski definition) is 8. The summed E-state index contributed by atoms with van der Waals surface area (Å²) in [6.45, 7) is 1.54. The Hall–Kier alpha value is -4.76. The van der Waals surface area contributed by atoms with Crippen LogP contribution in [0.3, 0.4) is 0 Å². The number of alkyl halides is 3. The molecule has 1 atom stereocenters. The molecule has 10 nitrogen and oxygen atoms in total. The maximum absolute atomic E-state index is 15.6. The number of carbonyl (C=O) groups is 1. The third kappa shape index (κ3) is 13.1. The van der Waals surface area contributed by atoms with Crippen LogP contribution in [0.2, 0.25) is 5.02 Å². The van der Waals surface area contributed by atoms with Crippen molar-refractivity contribution < 1.29 is 59.1 Å². The van der Waals surface area contributed by atoms with Crippen molar-refractivity contribution in [3.8, 4) is 11.5 Å². The standard InChI is InChI=1S/C42H41ClF4NO9PS/c1-28(48(25-32-14-9-15-37(41(32)43)42(45,46)47)26-35(30-10-5-3-6-11-30)31-12-7-4-8-13-31)20-21-55-34-23-38(44)36(39(24-34)59(2,53)54)27-56-40(49)22-29-16-18-33(19-17-29)57-58(50,51)52/h3-19,23-24,28,35H,20-22,25-27H2,1-2H3,(H2,50,51,52)/t28-/m1/s1. The minimum atomic E-state index is -4.78. The van der Waals surface area contributed by atoms with Crippen LogP contribution >= 0.6 is 19.4 Å². The summed E-state index contributed by atoms with van der Waals surface area (Å²) in [6.07, 6.45) is -3.82. The molecule has 0 amide bonds. The van der Waals surface area contributed by atoms with Gasteiger partial charge in [-0.2, -0.15) is 13.2 Å². The van der Waals surface area contributed by atoms with Gasteiger partial charge < -0.3 is 14.0 Å². The summed E-state index contributed by atoms with van der Waals surface area (Å²) in [4.78, 5) is 32.0. The van der Waals surface area contributed by atoms with Gasteiger partial charge in [0.15, 0.2) is 9.84 Å². The van der Waals surface area contributed by atoms with Crippen molar-refractivity contribution in [2.45, 2.75) is 55.9 Å². The van der Waals surface area contributed by atoms with Crippen molar-refractivity contribution >= 4 is 35.2 Å². The van der Waals surface area contributed by atoms with Gasteiger partial charge in [-0.3, -0.25) is 19.5 Å². The van der Waals surface area contributed by atoms with Crippen molar-refractivity contribution in [1.29, 1.82) is 0 Å². The van der Waals surface area contributed by atoms with Crippen LogP contribution in [0.5, 0.6) is 11.5 Å². The number of nitrogens with zero attached hydrogens (tertiary/aromatic N) is 1. The summed E-state index contributed by atoms with van der Waals surface area (Å²) in [6, 6.07) is 30.1. The number of rotatable bonds is 18. The summed E-state index contributed by atoms with van der Waals surface area (Å²) in [5, 5.41) is -0.399. The zero-order valence-corrected chi connectivity index (χ0v) is 34.3. The summed E-state index contributed by atoms with van der Waals surface area (Å²) in [5.41, 5.74) is 1.28. The topological polar surface area (TPSA) is 140 Å². The summed E-state index contributed by atoms with van der Waals surface area (Å²) < 4.78 is 109. The van der Waals surface area contributed by atoms with Crippen molar-refractivity contribution in [2.75, 3.05) is 19.4 Å². The van der Waals surface area contributed by atoms with Crippen LogP contribution in [0, 0.1) is 5.82 Å². The molecular weight excluding hydrogens is 837 g/mol. The molecule has 0 fully saturated rings. The van der Waals surface area contributed by atoms with Gasteiger partial charge in [0.05, 0.1) is 28.5 Å². The summed E-state index contributed by atoms with van der Waals surface area (Å²) in [7, 11) is -8.85. The van der Waals surface area contributed by atoms with Crippen molar-refractivity contribution in [1.82, 2.24) is 4.90 Å². The summed E-state index contributed by atoms with van der Waals surface area (Å²) in [5.74, 6) is -2.27. The molecule has 314 valence electrons. The molecule has 59 heavy (non-hydrogen) atoms. The van der Waals surface area contributed by atoms with Gasteiger partial charge in [-0.1, -0.05) is 96.5 Å². The second-order valence-electron chi connectivity index (χ2n) is 13.8. The number of ether oxygens (including phenoxy) is 2. The second-order valence-corrected chi connectivity index (χ2v) is 17.3. The Bertz CT molecular complexity index is 2330. The van der Waals surface area contributed by atoms with E-state index < -0.39 is 63.3 Å². The van der Waals surface area contributed by atoms with Gasteiger partial charge >= 0.3 is 20.0 Å². The van der Waals surface area contributed by atoms with Crippen molar-refractivity contribution in [3.63, 3.8) is 0 Å². The molecule has 0 unspecified atom stereocenters. The number of carbonyl (C=O) groups excluding carboxylic acids is 1. The molecular formula is C42H41ClF4NO9PS. The minimum absolute atomic E-state index is 0.0374. The SMILES string of the molecule is C[C@H](CCOc1cc(F)c(COC(=O)Cc2ccc(OP(=O)(O)O)cc2)c(S(C)(=O)=O)c1)N(Cc1cccc(C(F)(F)F)c1Cl)CC(c1ccccc1)c1ccccc1. The van der Waals surface area contributed by atoms with E-state index >= 15 is 4.39 Å². The van der Waals surface area contributed by atoms with E-state index in [1.54, 1.807) is 6.07 Å². The zero-order valence-electron chi connectivity index (χ0n) is 31.8. The third-order valence-corrected chi connectivity index (χ3v) is 11.5. The van der Waals surface area contributed by atoms with E-state index in [9.17, 15) is 30.9 Å². The fourth-order valence-corrected chi connectivity index (χ4v) is 8.02. The summed E-state index contributed by atoms with van der Waals surface area (Å²) >= 11 is 6.37. The molecule has 5 aromatic rings. The number of halogens is 5. The lowest BCUT2D eigenvalue weighted by molar-refractivity contribution is -0.144. The van der Waals surface area contributed by atoms with Crippen LogP contribution in [0.25, 0.3) is 0 Å². The fraction of sp³-hybridized carbons (Fsp3) is 0.262. The van der Waals surface area contributed by atoms with Gasteiger partial charge in [0.2, 0.25) is 0 Å². The van der Waals surface area contributed by atoms with Gasteiger partial charge in [0, 0.05) is 42.9 Å². The Morgan fingerprint density at radius 3 is 2.05 bits per heavy atom. The van der Waals surface area contributed by atoms with Crippen LogP contribution in [0.4, 0.5) is 17.6 Å². The van der Waals surface area contributed by atoms with E-state index in [0.717, 1.165) is 35.6 Å². The molecule has 0 aliphatic heterocycles. The van der Waals surface area contributed by atoms with Crippen LogP contribution in [-0.2, 0) is 49.7 Å². The average Bonchev–Trinajstić information content (AvgIpc) is 3.16. The lowest BCUT2D eigenvalue weighted by atomic mass is 9.90. The minimum Gasteiger partial charge on any atom is -0.493 e. The molecule has 0 heterocycles. The molecule has 5 rings (SSSR count). The van der Waals surface area contributed by atoms with Gasteiger partial charge in [-0.15, -0.1) is 0 Å².